The number of nitrogens with one attached hydrogen (secondary N) is 1. The first-order valence-corrected chi connectivity index (χ1v) is 7.70. The zero-order chi connectivity index (χ0) is 18.9. The van der Waals surface area contributed by atoms with E-state index in [0.717, 1.165) is 16.9 Å². The molecule has 3 rings (SSSR count). The van der Waals surface area contributed by atoms with Crippen LogP contribution in [0.5, 0.6) is 0 Å². The van der Waals surface area contributed by atoms with Crippen molar-refractivity contribution in [3.63, 3.8) is 0 Å². The average molecular weight is 368 g/mol. The lowest BCUT2D eigenvalue weighted by atomic mass is 10.2. The van der Waals surface area contributed by atoms with Crippen LogP contribution in [0.1, 0.15) is 12.6 Å². The van der Waals surface area contributed by atoms with Gasteiger partial charge in [0.2, 0.25) is 5.91 Å². The third-order valence-corrected chi connectivity index (χ3v) is 3.79. The number of carbonyl (C=O) groups excluding carboxylic acids is 2. The number of benzene rings is 1. The van der Waals surface area contributed by atoms with E-state index in [9.17, 15) is 22.8 Å². The summed E-state index contributed by atoms with van der Waals surface area (Å²) in [6, 6.07) is 6.79. The van der Waals surface area contributed by atoms with E-state index in [0.29, 0.717) is 5.69 Å². The van der Waals surface area contributed by atoms with Gasteiger partial charge in [-0.1, -0.05) is 0 Å². The quantitative estimate of drug-likeness (QED) is 0.899. The third kappa shape index (κ3) is 3.63. The van der Waals surface area contributed by atoms with Crippen molar-refractivity contribution in [1.82, 2.24) is 15.1 Å². The predicted molar refractivity (Wildman–Crippen MR) is 84.9 cm³/mol. The largest absolute Gasteiger partial charge is 0.442 e. The van der Waals surface area contributed by atoms with Gasteiger partial charge in [-0.05, 0) is 30.3 Å². The number of amides is 2. The fourth-order valence-electron chi connectivity index (χ4n) is 2.59. The molecule has 0 spiro atoms. The molecule has 0 aliphatic carbocycles. The molecule has 1 fully saturated rings. The molecule has 1 aromatic carbocycles. The molecule has 7 nitrogen and oxygen atoms in total. The van der Waals surface area contributed by atoms with E-state index in [-0.39, 0.29) is 24.7 Å². The molecule has 26 heavy (non-hydrogen) atoms. The van der Waals surface area contributed by atoms with Gasteiger partial charge >= 0.3 is 12.3 Å². The lowest BCUT2D eigenvalue weighted by molar-refractivity contribution is -0.142. The number of halogens is 3. The second-order valence-corrected chi connectivity index (χ2v) is 5.70. The van der Waals surface area contributed by atoms with Gasteiger partial charge in [0, 0.05) is 12.6 Å². The number of aromatic nitrogens is 2. The molecular formula is C16H15F3N4O3. The van der Waals surface area contributed by atoms with Crippen molar-refractivity contribution < 1.29 is 27.5 Å². The lowest BCUT2D eigenvalue weighted by Gasteiger charge is -2.15. The second kappa shape index (κ2) is 6.70. The molecule has 138 valence electrons. The van der Waals surface area contributed by atoms with E-state index in [4.69, 9.17) is 4.74 Å². The van der Waals surface area contributed by atoms with Crippen LogP contribution in [0.15, 0.2) is 36.5 Å². The van der Waals surface area contributed by atoms with Crippen LogP contribution >= 0.6 is 0 Å². The molecule has 1 saturated heterocycles. The van der Waals surface area contributed by atoms with Crippen molar-refractivity contribution in [2.24, 2.45) is 0 Å². The minimum absolute atomic E-state index is 0.192. The van der Waals surface area contributed by atoms with Crippen LogP contribution in [0.2, 0.25) is 0 Å². The van der Waals surface area contributed by atoms with Gasteiger partial charge < -0.3 is 10.1 Å². The monoisotopic (exact) mass is 368 g/mol. The van der Waals surface area contributed by atoms with Crippen molar-refractivity contribution in [1.29, 1.82) is 0 Å². The number of nitrogens with zero attached hydrogens (tertiary/aromatic N) is 3. The standard InChI is InChI=1S/C16H15F3N4O3/c1-10(24)20-8-13-9-22(15(25)26-13)11-2-4-12(5-3-11)23-14(6-7-21-23)16(17,18)19/h2-7,13H,8-9H2,1H3,(H,20,24)/t13-/m0/s1. The Bertz CT molecular complexity index is 817. The maximum atomic E-state index is 13.0. The highest BCUT2D eigenvalue weighted by Gasteiger charge is 2.35. The van der Waals surface area contributed by atoms with E-state index < -0.39 is 24.1 Å². The normalized spacial score (nSPS) is 17.3. The minimum atomic E-state index is -4.52. The number of rotatable bonds is 4. The Labute approximate surface area is 146 Å². The highest BCUT2D eigenvalue weighted by atomic mass is 19.4. The fraction of sp³-hybridized carbons (Fsp3) is 0.312. The van der Waals surface area contributed by atoms with Crippen molar-refractivity contribution in [3.05, 3.63) is 42.2 Å². The van der Waals surface area contributed by atoms with Gasteiger partial charge in [-0.25, -0.2) is 9.48 Å². The van der Waals surface area contributed by atoms with E-state index in [2.05, 4.69) is 10.4 Å². The van der Waals surface area contributed by atoms with Crippen LogP contribution in [0.3, 0.4) is 0 Å². The number of ether oxygens (including phenoxy) is 1. The molecule has 2 aromatic rings. The van der Waals surface area contributed by atoms with Gasteiger partial charge in [0.05, 0.1) is 25.0 Å². The Morgan fingerprint density at radius 2 is 1.92 bits per heavy atom. The van der Waals surface area contributed by atoms with Crippen LogP contribution in [0, 0.1) is 0 Å². The van der Waals surface area contributed by atoms with Crippen LogP contribution < -0.4 is 10.2 Å². The molecule has 1 atom stereocenters. The second-order valence-electron chi connectivity index (χ2n) is 5.70. The molecular weight excluding hydrogens is 353 g/mol. The summed E-state index contributed by atoms with van der Waals surface area (Å²) in [4.78, 5) is 24.2. The Morgan fingerprint density at radius 1 is 1.27 bits per heavy atom. The van der Waals surface area contributed by atoms with E-state index in [1.54, 1.807) is 0 Å². The first kappa shape index (κ1) is 17.8. The number of alkyl halides is 3. The molecule has 2 amide bonds. The Hall–Kier alpha value is -3.04. The van der Waals surface area contributed by atoms with E-state index >= 15 is 0 Å². The molecule has 1 N–H and O–H groups in total. The van der Waals surface area contributed by atoms with Crippen molar-refractivity contribution >= 4 is 17.7 Å². The fourth-order valence-corrected chi connectivity index (χ4v) is 2.59. The average Bonchev–Trinajstić information content (AvgIpc) is 3.19. The Balaban J connectivity index is 1.75. The summed E-state index contributed by atoms with van der Waals surface area (Å²) in [5.74, 6) is -0.233. The smallest absolute Gasteiger partial charge is 0.433 e. The number of cyclic esters (lactones) is 1. The van der Waals surface area contributed by atoms with Crippen LogP contribution in [-0.4, -0.2) is 41.0 Å². The predicted octanol–water partition coefficient (Wildman–Crippen LogP) is 2.35. The number of hydrogen-bond donors (Lipinski definition) is 1. The SMILES string of the molecule is CC(=O)NC[C@H]1CN(c2ccc(-n3nccc3C(F)(F)F)cc2)C(=O)O1. The highest BCUT2D eigenvalue weighted by Crippen LogP contribution is 2.31. The van der Waals surface area contributed by atoms with Gasteiger partial charge in [0.15, 0.2) is 0 Å². The maximum absolute atomic E-state index is 13.0. The molecule has 10 heteroatoms. The van der Waals surface area contributed by atoms with Gasteiger partial charge in [-0.3, -0.25) is 9.69 Å². The van der Waals surface area contributed by atoms with Gasteiger partial charge in [-0.15, -0.1) is 0 Å². The summed E-state index contributed by atoms with van der Waals surface area (Å²) in [6.45, 7) is 1.78. The summed E-state index contributed by atoms with van der Waals surface area (Å²) < 4.78 is 44.8. The van der Waals surface area contributed by atoms with Crippen LogP contribution in [-0.2, 0) is 15.7 Å². The minimum Gasteiger partial charge on any atom is -0.442 e. The Morgan fingerprint density at radius 3 is 2.54 bits per heavy atom. The Kier molecular flexibility index (Phi) is 4.58. The molecule has 2 heterocycles. The van der Waals surface area contributed by atoms with Crippen LogP contribution in [0.4, 0.5) is 23.7 Å². The molecule has 0 saturated carbocycles. The van der Waals surface area contributed by atoms with Crippen molar-refractivity contribution in [2.45, 2.75) is 19.2 Å². The molecule has 0 radical (unpaired) electrons. The summed E-state index contributed by atoms with van der Waals surface area (Å²) in [5.41, 5.74) is -0.195. The first-order chi connectivity index (χ1) is 12.3. The number of hydrogen-bond acceptors (Lipinski definition) is 4. The number of anilines is 1. The van der Waals surface area contributed by atoms with Crippen LogP contribution in [0.25, 0.3) is 5.69 Å². The molecule has 0 unspecified atom stereocenters. The van der Waals surface area contributed by atoms with Crippen molar-refractivity contribution in [3.8, 4) is 5.69 Å². The van der Waals surface area contributed by atoms with Gasteiger partial charge in [-0.2, -0.15) is 18.3 Å². The zero-order valence-electron chi connectivity index (χ0n) is 13.7. The third-order valence-electron chi connectivity index (χ3n) is 3.79. The number of carbonyl (C=O) groups is 2. The summed E-state index contributed by atoms with van der Waals surface area (Å²) in [7, 11) is 0. The zero-order valence-corrected chi connectivity index (χ0v) is 13.7. The highest BCUT2D eigenvalue weighted by molar-refractivity contribution is 5.90. The van der Waals surface area contributed by atoms with Gasteiger partial charge in [0.25, 0.3) is 0 Å². The molecule has 0 bridgehead atoms. The van der Waals surface area contributed by atoms with Crippen molar-refractivity contribution in [2.75, 3.05) is 18.0 Å². The molecule has 1 aliphatic heterocycles. The first-order valence-electron chi connectivity index (χ1n) is 7.70. The lowest BCUT2D eigenvalue weighted by Crippen LogP contribution is -2.33. The maximum Gasteiger partial charge on any atom is 0.433 e. The van der Waals surface area contributed by atoms with E-state index in [1.807, 2.05) is 0 Å². The summed E-state index contributed by atoms with van der Waals surface area (Å²) >= 11 is 0. The van der Waals surface area contributed by atoms with Gasteiger partial charge in [0.1, 0.15) is 11.8 Å². The van der Waals surface area contributed by atoms with E-state index in [1.165, 1.54) is 36.1 Å². The molecule has 1 aromatic heterocycles. The topological polar surface area (TPSA) is 76.5 Å². The molecule has 1 aliphatic rings. The summed E-state index contributed by atoms with van der Waals surface area (Å²) in [6.07, 6.45) is -4.52. The summed E-state index contributed by atoms with van der Waals surface area (Å²) in [5, 5.41) is 6.27.